The number of aromatic nitrogens is 1. The molecule has 1 aromatic carbocycles. The van der Waals surface area contributed by atoms with Crippen molar-refractivity contribution in [3.63, 3.8) is 0 Å². The van der Waals surface area contributed by atoms with Gasteiger partial charge < -0.3 is 10.1 Å². The molecule has 21 heavy (non-hydrogen) atoms. The van der Waals surface area contributed by atoms with Crippen molar-refractivity contribution >= 4 is 28.9 Å². The summed E-state index contributed by atoms with van der Waals surface area (Å²) in [5, 5.41) is 4.20. The molecule has 0 aliphatic heterocycles. The molecule has 0 spiro atoms. The van der Waals surface area contributed by atoms with Gasteiger partial charge in [0.25, 0.3) is 0 Å². The molecule has 1 aromatic heterocycles. The summed E-state index contributed by atoms with van der Waals surface area (Å²) in [6.45, 7) is 4.05. The molecular formula is C16H18Cl2N2O. The van der Waals surface area contributed by atoms with E-state index in [-0.39, 0.29) is 6.04 Å². The number of pyridine rings is 1. The van der Waals surface area contributed by atoms with E-state index in [0.29, 0.717) is 10.3 Å². The maximum atomic E-state index is 6.16. The van der Waals surface area contributed by atoms with E-state index in [0.717, 1.165) is 29.0 Å². The Morgan fingerprint density at radius 1 is 1.29 bits per heavy atom. The summed E-state index contributed by atoms with van der Waals surface area (Å²) >= 11 is 12.0. The Morgan fingerprint density at radius 2 is 2.00 bits per heavy atom. The Hall–Kier alpha value is -1.45. The van der Waals surface area contributed by atoms with E-state index in [4.69, 9.17) is 27.9 Å². The van der Waals surface area contributed by atoms with Gasteiger partial charge in [-0.2, -0.15) is 0 Å². The largest absolute Gasteiger partial charge is 0.496 e. The zero-order valence-corrected chi connectivity index (χ0v) is 13.8. The number of anilines is 1. The minimum absolute atomic E-state index is 0.181. The van der Waals surface area contributed by atoms with Crippen molar-refractivity contribution in [3.8, 4) is 5.75 Å². The van der Waals surface area contributed by atoms with Crippen molar-refractivity contribution in [2.45, 2.75) is 26.3 Å². The molecule has 1 N–H and O–H groups in total. The molecule has 0 bridgehead atoms. The first kappa shape index (κ1) is 15.9. The molecule has 1 heterocycles. The number of hydrogen-bond acceptors (Lipinski definition) is 3. The van der Waals surface area contributed by atoms with Crippen molar-refractivity contribution in [1.29, 1.82) is 0 Å². The summed E-state index contributed by atoms with van der Waals surface area (Å²) in [6, 6.07) is 9.97. The fraction of sp³-hybridized carbons (Fsp3) is 0.312. The van der Waals surface area contributed by atoms with E-state index in [2.05, 4.69) is 23.3 Å². The summed E-state index contributed by atoms with van der Waals surface area (Å²) in [4.78, 5) is 4.07. The summed E-state index contributed by atoms with van der Waals surface area (Å²) in [6.07, 6.45) is 0.822. The van der Waals surface area contributed by atoms with Crippen LogP contribution in [0.15, 0.2) is 30.3 Å². The number of para-hydroxylation sites is 1. The molecule has 1 unspecified atom stereocenters. The van der Waals surface area contributed by atoms with Crippen LogP contribution in [0.25, 0.3) is 0 Å². The highest BCUT2D eigenvalue weighted by molar-refractivity contribution is 6.34. The van der Waals surface area contributed by atoms with Gasteiger partial charge in [0.2, 0.25) is 0 Å². The predicted octanol–water partition coefficient (Wildman–Crippen LogP) is 4.75. The summed E-state index contributed by atoms with van der Waals surface area (Å²) in [5.41, 5.74) is 2.95. The number of rotatable bonds is 5. The highest BCUT2D eigenvalue weighted by atomic mass is 35.5. The van der Waals surface area contributed by atoms with Crippen LogP contribution in [0.4, 0.5) is 5.69 Å². The lowest BCUT2D eigenvalue weighted by Gasteiger charge is -2.19. The third-order valence-electron chi connectivity index (χ3n) is 3.25. The Bertz CT molecular complexity index is 608. The quantitative estimate of drug-likeness (QED) is 0.806. The van der Waals surface area contributed by atoms with Crippen molar-refractivity contribution < 1.29 is 4.74 Å². The molecule has 2 rings (SSSR count). The number of nitrogens with one attached hydrogen (secondary N) is 1. The van der Waals surface area contributed by atoms with Crippen molar-refractivity contribution in [3.05, 3.63) is 51.8 Å². The molecular weight excluding hydrogens is 307 g/mol. The Morgan fingerprint density at radius 3 is 2.67 bits per heavy atom. The van der Waals surface area contributed by atoms with E-state index < -0.39 is 0 Å². The first-order valence-electron chi connectivity index (χ1n) is 6.72. The maximum Gasteiger partial charge on any atom is 0.154 e. The average Bonchev–Trinajstić information content (AvgIpc) is 2.43. The number of ether oxygens (including phenoxy) is 1. The Balaban J connectivity index is 2.14. The number of methoxy groups -OCH3 is 1. The van der Waals surface area contributed by atoms with Gasteiger partial charge in [-0.15, -0.1) is 0 Å². The Labute approximate surface area is 135 Å². The second-order valence-corrected chi connectivity index (χ2v) is 5.73. The normalized spacial score (nSPS) is 12.0. The molecule has 112 valence electrons. The zero-order chi connectivity index (χ0) is 15.4. The van der Waals surface area contributed by atoms with Gasteiger partial charge in [0.05, 0.1) is 12.8 Å². The first-order chi connectivity index (χ1) is 10.0. The third-order valence-corrected chi connectivity index (χ3v) is 3.72. The molecule has 3 nitrogen and oxygen atoms in total. The monoisotopic (exact) mass is 324 g/mol. The van der Waals surface area contributed by atoms with Crippen molar-refractivity contribution in [2.75, 3.05) is 12.4 Å². The number of halogens is 2. The number of nitrogens with zero attached hydrogens (tertiary/aromatic N) is 1. The molecule has 1 atom stereocenters. The fourth-order valence-electron chi connectivity index (χ4n) is 2.27. The maximum absolute atomic E-state index is 6.16. The van der Waals surface area contributed by atoms with Gasteiger partial charge in [-0.05, 0) is 43.5 Å². The van der Waals surface area contributed by atoms with Crippen LogP contribution in [0, 0.1) is 6.92 Å². The van der Waals surface area contributed by atoms with E-state index in [1.54, 1.807) is 13.2 Å². The van der Waals surface area contributed by atoms with Crippen LogP contribution in [0.1, 0.15) is 18.1 Å². The summed E-state index contributed by atoms with van der Waals surface area (Å²) in [5.74, 6) is 0.892. The van der Waals surface area contributed by atoms with Crippen LogP contribution in [0.2, 0.25) is 10.3 Å². The van der Waals surface area contributed by atoms with Gasteiger partial charge in [0.1, 0.15) is 10.9 Å². The second kappa shape index (κ2) is 7.01. The lowest BCUT2D eigenvalue weighted by molar-refractivity contribution is 0.409. The highest BCUT2D eigenvalue weighted by Gasteiger charge is 2.12. The summed E-state index contributed by atoms with van der Waals surface area (Å²) in [7, 11) is 1.68. The van der Waals surface area contributed by atoms with Crippen LogP contribution in [0.3, 0.4) is 0 Å². The van der Waals surface area contributed by atoms with Gasteiger partial charge >= 0.3 is 0 Å². The number of aryl methyl sites for hydroxylation is 1. The first-order valence-corrected chi connectivity index (χ1v) is 7.48. The topological polar surface area (TPSA) is 34.1 Å². The molecule has 0 saturated heterocycles. The zero-order valence-electron chi connectivity index (χ0n) is 12.3. The molecule has 0 aliphatic carbocycles. The number of benzene rings is 1. The van der Waals surface area contributed by atoms with Crippen LogP contribution in [0.5, 0.6) is 5.75 Å². The lowest BCUT2D eigenvalue weighted by Crippen LogP contribution is -2.19. The van der Waals surface area contributed by atoms with Crippen molar-refractivity contribution in [2.24, 2.45) is 0 Å². The molecule has 0 saturated carbocycles. The van der Waals surface area contributed by atoms with Gasteiger partial charge in [0, 0.05) is 6.04 Å². The second-order valence-electron chi connectivity index (χ2n) is 4.99. The van der Waals surface area contributed by atoms with E-state index in [1.165, 1.54) is 0 Å². The van der Waals surface area contributed by atoms with Crippen LogP contribution < -0.4 is 10.1 Å². The van der Waals surface area contributed by atoms with Gasteiger partial charge in [-0.25, -0.2) is 4.98 Å². The fourth-order valence-corrected chi connectivity index (χ4v) is 2.85. The minimum Gasteiger partial charge on any atom is -0.496 e. The highest BCUT2D eigenvalue weighted by Crippen LogP contribution is 2.28. The molecule has 0 aliphatic rings. The van der Waals surface area contributed by atoms with Gasteiger partial charge in [0.15, 0.2) is 5.15 Å². The predicted molar refractivity (Wildman–Crippen MR) is 88.8 cm³/mol. The minimum atomic E-state index is 0.181. The van der Waals surface area contributed by atoms with E-state index in [1.807, 2.05) is 25.1 Å². The molecule has 0 radical (unpaired) electrons. The van der Waals surface area contributed by atoms with Crippen molar-refractivity contribution in [1.82, 2.24) is 4.98 Å². The van der Waals surface area contributed by atoms with E-state index in [9.17, 15) is 0 Å². The lowest BCUT2D eigenvalue weighted by atomic mass is 10.1. The third kappa shape index (κ3) is 4.02. The molecule has 5 heteroatoms. The molecule has 0 amide bonds. The van der Waals surface area contributed by atoms with Crippen LogP contribution in [-0.2, 0) is 6.42 Å². The van der Waals surface area contributed by atoms with E-state index >= 15 is 0 Å². The number of hydrogen-bond donors (Lipinski definition) is 1. The van der Waals surface area contributed by atoms with Crippen LogP contribution >= 0.6 is 23.2 Å². The molecule has 2 aromatic rings. The Kier molecular flexibility index (Phi) is 5.32. The van der Waals surface area contributed by atoms with Crippen LogP contribution in [-0.4, -0.2) is 18.1 Å². The smallest absolute Gasteiger partial charge is 0.154 e. The molecule has 0 fully saturated rings. The average molecular weight is 325 g/mol. The standard InChI is InChI=1S/C16H18Cl2N2O/c1-10-8-14(17)20-16(18)15(10)19-11(2)9-12-6-4-5-7-13(12)21-3/h4-8,11,19H,9H2,1-3H3. The SMILES string of the molecule is COc1ccccc1CC(C)Nc1c(C)cc(Cl)nc1Cl. The van der Waals surface area contributed by atoms with Gasteiger partial charge in [-0.3, -0.25) is 0 Å². The summed E-state index contributed by atoms with van der Waals surface area (Å²) < 4.78 is 5.38. The van der Waals surface area contributed by atoms with Gasteiger partial charge in [-0.1, -0.05) is 41.4 Å².